The average Bonchev–Trinajstić information content (AvgIpc) is 2.92. The van der Waals surface area contributed by atoms with Gasteiger partial charge in [-0.1, -0.05) is 6.07 Å². The van der Waals surface area contributed by atoms with Crippen molar-refractivity contribution in [3.05, 3.63) is 47.9 Å². The van der Waals surface area contributed by atoms with E-state index < -0.39 is 0 Å². The molecule has 3 heterocycles. The van der Waals surface area contributed by atoms with Crippen molar-refractivity contribution >= 4 is 22.8 Å². The normalized spacial score (nSPS) is 11.1. The third-order valence-corrected chi connectivity index (χ3v) is 3.34. The lowest BCUT2D eigenvalue weighted by atomic mass is 10.2. The molecule has 0 radical (unpaired) electrons. The van der Waals surface area contributed by atoms with E-state index in [9.17, 15) is 4.79 Å². The van der Waals surface area contributed by atoms with Crippen LogP contribution >= 0.6 is 0 Å². The van der Waals surface area contributed by atoms with Gasteiger partial charge in [0, 0.05) is 23.8 Å². The van der Waals surface area contributed by atoms with Gasteiger partial charge in [0.2, 0.25) is 0 Å². The van der Waals surface area contributed by atoms with Crippen molar-refractivity contribution in [3.63, 3.8) is 0 Å². The van der Waals surface area contributed by atoms with Gasteiger partial charge >= 0.3 is 0 Å². The molecule has 22 heavy (non-hydrogen) atoms. The molecule has 3 rings (SSSR count). The number of rotatable bonds is 3. The molecule has 1 amide bonds. The van der Waals surface area contributed by atoms with Crippen LogP contribution in [0.2, 0.25) is 0 Å². The molecule has 112 valence electrons. The van der Waals surface area contributed by atoms with Crippen LogP contribution in [0.1, 0.15) is 35.8 Å². The van der Waals surface area contributed by atoms with Crippen LogP contribution in [0, 0.1) is 6.92 Å². The van der Waals surface area contributed by atoms with Gasteiger partial charge in [0.05, 0.1) is 11.8 Å². The number of fused-ring (bicyclic) bond motifs is 1. The fraction of sp³-hybridized carbons (Fsp3) is 0.250. The van der Waals surface area contributed by atoms with Crippen LogP contribution in [0.5, 0.6) is 0 Å². The number of nitrogens with one attached hydrogen (secondary N) is 1. The molecule has 0 unspecified atom stereocenters. The van der Waals surface area contributed by atoms with Crippen molar-refractivity contribution in [3.8, 4) is 0 Å². The number of hydrogen-bond donors (Lipinski definition) is 1. The highest BCUT2D eigenvalue weighted by Crippen LogP contribution is 2.17. The highest BCUT2D eigenvalue weighted by Gasteiger charge is 2.12. The molecule has 6 nitrogen and oxygen atoms in total. The fourth-order valence-electron chi connectivity index (χ4n) is 2.17. The molecule has 3 aromatic heterocycles. The first-order valence-electron chi connectivity index (χ1n) is 7.12. The molecule has 0 aromatic carbocycles. The van der Waals surface area contributed by atoms with Crippen molar-refractivity contribution in [2.24, 2.45) is 0 Å². The van der Waals surface area contributed by atoms with Gasteiger partial charge in [-0.2, -0.15) is 5.10 Å². The molecule has 1 N–H and O–H groups in total. The van der Waals surface area contributed by atoms with Crippen LogP contribution in [-0.4, -0.2) is 25.7 Å². The summed E-state index contributed by atoms with van der Waals surface area (Å²) in [7, 11) is 0. The third kappa shape index (κ3) is 2.67. The molecule has 0 aliphatic heterocycles. The Morgan fingerprint density at radius 3 is 2.68 bits per heavy atom. The number of anilines is 1. The van der Waals surface area contributed by atoms with Crippen LogP contribution in [0.3, 0.4) is 0 Å². The molecule has 0 spiro atoms. The number of carbonyl (C=O) groups is 1. The van der Waals surface area contributed by atoms with Crippen molar-refractivity contribution in [2.45, 2.75) is 26.8 Å². The Labute approximate surface area is 128 Å². The Hall–Kier alpha value is -2.76. The SMILES string of the molecule is Cc1ccc(NC(=O)c2cnc3c(cnn3C(C)C)c2)nc1. The number of hydrogen-bond acceptors (Lipinski definition) is 4. The predicted octanol–water partition coefficient (Wildman–Crippen LogP) is 2.97. The molecule has 0 saturated carbocycles. The summed E-state index contributed by atoms with van der Waals surface area (Å²) in [5, 5.41) is 7.91. The summed E-state index contributed by atoms with van der Waals surface area (Å²) in [5.74, 6) is 0.289. The zero-order chi connectivity index (χ0) is 15.7. The Morgan fingerprint density at radius 1 is 1.18 bits per heavy atom. The number of pyridine rings is 2. The summed E-state index contributed by atoms with van der Waals surface area (Å²) in [6.07, 6.45) is 5.00. The molecule has 0 aliphatic rings. The summed E-state index contributed by atoms with van der Waals surface area (Å²) in [4.78, 5) is 20.8. The van der Waals surface area contributed by atoms with Crippen LogP contribution < -0.4 is 5.32 Å². The summed E-state index contributed by atoms with van der Waals surface area (Å²) < 4.78 is 1.83. The first-order valence-corrected chi connectivity index (χ1v) is 7.12. The van der Waals surface area contributed by atoms with Crippen LogP contribution in [0.25, 0.3) is 11.0 Å². The minimum absolute atomic E-state index is 0.224. The number of aryl methyl sites for hydroxylation is 1. The van der Waals surface area contributed by atoms with Gasteiger partial charge in [0.1, 0.15) is 5.82 Å². The lowest BCUT2D eigenvalue weighted by Crippen LogP contribution is -2.13. The third-order valence-electron chi connectivity index (χ3n) is 3.34. The quantitative estimate of drug-likeness (QED) is 0.806. The van der Waals surface area contributed by atoms with Gasteiger partial charge in [-0.15, -0.1) is 0 Å². The topological polar surface area (TPSA) is 72.7 Å². The Bertz CT molecular complexity index is 820. The van der Waals surface area contributed by atoms with Crippen molar-refractivity contribution in [2.75, 3.05) is 5.32 Å². The maximum Gasteiger partial charge on any atom is 0.258 e. The largest absolute Gasteiger partial charge is 0.307 e. The van der Waals surface area contributed by atoms with Gasteiger partial charge in [-0.25, -0.2) is 14.6 Å². The monoisotopic (exact) mass is 295 g/mol. The molecule has 3 aromatic rings. The number of nitrogens with zero attached hydrogens (tertiary/aromatic N) is 4. The van der Waals surface area contributed by atoms with Crippen LogP contribution in [0.4, 0.5) is 5.82 Å². The second kappa shape index (κ2) is 5.55. The molecular formula is C16H17N5O. The van der Waals surface area contributed by atoms with E-state index in [1.54, 1.807) is 30.7 Å². The van der Waals surface area contributed by atoms with Gasteiger partial charge in [-0.05, 0) is 38.5 Å². The van der Waals surface area contributed by atoms with E-state index in [0.29, 0.717) is 11.4 Å². The lowest BCUT2D eigenvalue weighted by Gasteiger charge is -2.07. The molecule has 0 saturated heterocycles. The summed E-state index contributed by atoms with van der Waals surface area (Å²) >= 11 is 0. The molecule has 0 aliphatic carbocycles. The lowest BCUT2D eigenvalue weighted by molar-refractivity contribution is 0.102. The van der Waals surface area contributed by atoms with E-state index in [2.05, 4.69) is 20.4 Å². The van der Waals surface area contributed by atoms with Gasteiger partial charge < -0.3 is 5.32 Å². The second-order valence-corrected chi connectivity index (χ2v) is 5.49. The van der Waals surface area contributed by atoms with E-state index in [4.69, 9.17) is 0 Å². The summed E-state index contributed by atoms with van der Waals surface area (Å²) in [6.45, 7) is 6.03. The molecule has 6 heteroatoms. The highest BCUT2D eigenvalue weighted by molar-refractivity contribution is 6.05. The minimum atomic E-state index is -0.233. The maximum atomic E-state index is 12.3. The second-order valence-electron chi connectivity index (χ2n) is 5.49. The van der Waals surface area contributed by atoms with E-state index in [1.165, 1.54) is 0 Å². The smallest absolute Gasteiger partial charge is 0.258 e. The van der Waals surface area contributed by atoms with Gasteiger partial charge in [0.15, 0.2) is 5.65 Å². The first kappa shape index (κ1) is 14.2. The zero-order valence-corrected chi connectivity index (χ0v) is 12.7. The number of carbonyl (C=O) groups excluding carboxylic acids is 1. The fourth-order valence-corrected chi connectivity index (χ4v) is 2.17. The van der Waals surface area contributed by atoms with Crippen LogP contribution in [0.15, 0.2) is 36.8 Å². The maximum absolute atomic E-state index is 12.3. The molecule has 0 bridgehead atoms. The Kier molecular flexibility index (Phi) is 3.58. The van der Waals surface area contributed by atoms with E-state index in [1.807, 2.05) is 31.5 Å². The number of aromatic nitrogens is 4. The predicted molar refractivity (Wildman–Crippen MR) is 84.8 cm³/mol. The first-order chi connectivity index (χ1) is 10.5. The van der Waals surface area contributed by atoms with Crippen molar-refractivity contribution in [1.82, 2.24) is 19.7 Å². The van der Waals surface area contributed by atoms with Crippen molar-refractivity contribution in [1.29, 1.82) is 0 Å². The molecular weight excluding hydrogens is 278 g/mol. The van der Waals surface area contributed by atoms with E-state index in [0.717, 1.165) is 16.6 Å². The Morgan fingerprint density at radius 2 is 2.00 bits per heavy atom. The van der Waals surface area contributed by atoms with E-state index in [-0.39, 0.29) is 11.9 Å². The molecule has 0 fully saturated rings. The van der Waals surface area contributed by atoms with Gasteiger partial charge in [0.25, 0.3) is 5.91 Å². The standard InChI is InChI=1S/C16H17N5O/c1-10(2)21-15-12(9-19-21)6-13(8-18-15)16(22)20-14-5-4-11(3)7-17-14/h4-10H,1-3H3,(H,17,20,22). The van der Waals surface area contributed by atoms with Gasteiger partial charge in [-0.3, -0.25) is 4.79 Å². The zero-order valence-electron chi connectivity index (χ0n) is 12.7. The Balaban J connectivity index is 1.86. The van der Waals surface area contributed by atoms with Crippen molar-refractivity contribution < 1.29 is 4.79 Å². The molecule has 0 atom stereocenters. The van der Waals surface area contributed by atoms with Crippen LogP contribution in [-0.2, 0) is 0 Å². The van der Waals surface area contributed by atoms with E-state index >= 15 is 0 Å². The average molecular weight is 295 g/mol. The highest BCUT2D eigenvalue weighted by atomic mass is 16.1. The minimum Gasteiger partial charge on any atom is -0.307 e. The summed E-state index contributed by atoms with van der Waals surface area (Å²) in [5.41, 5.74) is 2.31. The summed E-state index contributed by atoms with van der Waals surface area (Å²) in [6, 6.07) is 5.69. The number of amides is 1.